The van der Waals surface area contributed by atoms with Crippen molar-refractivity contribution in [2.45, 2.75) is 19.5 Å². The van der Waals surface area contributed by atoms with Crippen LogP contribution in [0.2, 0.25) is 0 Å². The van der Waals surface area contributed by atoms with E-state index in [-0.39, 0.29) is 11.8 Å². The minimum Gasteiger partial charge on any atom is -0.340 e. The van der Waals surface area contributed by atoms with E-state index in [2.05, 4.69) is 20.6 Å². The van der Waals surface area contributed by atoms with E-state index in [0.717, 1.165) is 18.2 Å². The lowest BCUT2D eigenvalue weighted by atomic mass is 10.1. The van der Waals surface area contributed by atoms with Crippen LogP contribution in [-0.4, -0.2) is 9.97 Å². The molecule has 0 aliphatic carbocycles. The highest BCUT2D eigenvalue weighted by molar-refractivity contribution is 5.63. The lowest BCUT2D eigenvalue weighted by Crippen LogP contribution is -2.12. The molecule has 1 heterocycles. The van der Waals surface area contributed by atoms with Crippen molar-refractivity contribution in [3.05, 3.63) is 71.9 Å². The van der Waals surface area contributed by atoms with Crippen LogP contribution in [0, 0.1) is 0 Å². The van der Waals surface area contributed by atoms with Gasteiger partial charge in [-0.05, 0) is 36.2 Å². The second kappa shape index (κ2) is 7.43. The summed E-state index contributed by atoms with van der Waals surface area (Å²) in [6, 6.07) is 16.2. The molecule has 7 heteroatoms. The zero-order chi connectivity index (χ0) is 18.6. The minimum absolute atomic E-state index is 0.0818. The van der Waals surface area contributed by atoms with Crippen molar-refractivity contribution in [3.63, 3.8) is 0 Å². The Morgan fingerprint density at radius 2 is 1.65 bits per heavy atom. The van der Waals surface area contributed by atoms with Gasteiger partial charge in [0, 0.05) is 17.6 Å². The standard InChI is InChI=1S/C19H17F3N4/c1-2-13-7-6-10-15(11-13)24-17-16(19(20,21)22)12-23-18(26-17)25-14-8-4-3-5-9-14/h3-12H,2H2,1H3,(H2,23,24,25,26). The van der Waals surface area contributed by atoms with Crippen LogP contribution in [0.1, 0.15) is 18.1 Å². The fourth-order valence-electron chi connectivity index (χ4n) is 2.40. The van der Waals surface area contributed by atoms with E-state index in [4.69, 9.17) is 0 Å². The topological polar surface area (TPSA) is 49.8 Å². The van der Waals surface area contributed by atoms with E-state index in [1.165, 1.54) is 0 Å². The van der Waals surface area contributed by atoms with Gasteiger partial charge in [0.15, 0.2) is 0 Å². The van der Waals surface area contributed by atoms with Crippen molar-refractivity contribution < 1.29 is 13.2 Å². The average molecular weight is 358 g/mol. The summed E-state index contributed by atoms with van der Waals surface area (Å²) in [5.74, 6) is -0.211. The zero-order valence-corrected chi connectivity index (χ0v) is 14.0. The lowest BCUT2D eigenvalue weighted by Gasteiger charge is -2.15. The van der Waals surface area contributed by atoms with Gasteiger partial charge in [0.1, 0.15) is 11.4 Å². The summed E-state index contributed by atoms with van der Waals surface area (Å²) < 4.78 is 39.9. The molecular weight excluding hydrogens is 341 g/mol. The van der Waals surface area contributed by atoms with Crippen LogP contribution in [0.4, 0.5) is 36.3 Å². The van der Waals surface area contributed by atoms with Crippen molar-refractivity contribution in [1.29, 1.82) is 0 Å². The molecule has 0 amide bonds. The van der Waals surface area contributed by atoms with Crippen LogP contribution >= 0.6 is 0 Å². The number of nitrogens with one attached hydrogen (secondary N) is 2. The van der Waals surface area contributed by atoms with Crippen LogP contribution in [0.5, 0.6) is 0 Å². The Labute approximate surface area is 149 Å². The first-order chi connectivity index (χ1) is 12.5. The van der Waals surface area contributed by atoms with E-state index in [1.54, 1.807) is 30.3 Å². The highest BCUT2D eigenvalue weighted by atomic mass is 19.4. The summed E-state index contributed by atoms with van der Waals surface area (Å²) in [4.78, 5) is 7.83. The third kappa shape index (κ3) is 4.30. The molecule has 3 rings (SSSR count). The van der Waals surface area contributed by atoms with Gasteiger partial charge >= 0.3 is 6.18 Å². The Balaban J connectivity index is 1.95. The Kier molecular flexibility index (Phi) is 5.06. The van der Waals surface area contributed by atoms with Gasteiger partial charge in [0.2, 0.25) is 5.95 Å². The molecule has 4 nitrogen and oxygen atoms in total. The third-order valence-corrected chi connectivity index (χ3v) is 3.72. The number of hydrogen-bond donors (Lipinski definition) is 2. The smallest absolute Gasteiger partial charge is 0.340 e. The molecule has 0 atom stereocenters. The number of hydrogen-bond acceptors (Lipinski definition) is 4. The van der Waals surface area contributed by atoms with E-state index in [0.29, 0.717) is 11.4 Å². The second-order valence-corrected chi connectivity index (χ2v) is 5.62. The van der Waals surface area contributed by atoms with Gasteiger partial charge in [-0.25, -0.2) is 4.98 Å². The second-order valence-electron chi connectivity index (χ2n) is 5.62. The normalized spacial score (nSPS) is 11.2. The first kappa shape index (κ1) is 17.7. The average Bonchev–Trinajstić information content (AvgIpc) is 2.62. The number of aromatic nitrogens is 2. The van der Waals surface area contributed by atoms with Crippen molar-refractivity contribution >= 4 is 23.1 Å². The Bertz CT molecular complexity index is 879. The van der Waals surface area contributed by atoms with Crippen molar-refractivity contribution in [1.82, 2.24) is 9.97 Å². The van der Waals surface area contributed by atoms with Crippen LogP contribution in [-0.2, 0) is 12.6 Å². The number of benzene rings is 2. The number of rotatable bonds is 5. The summed E-state index contributed by atoms with van der Waals surface area (Å²) in [5.41, 5.74) is 1.32. The predicted octanol–water partition coefficient (Wildman–Crippen LogP) is 5.55. The van der Waals surface area contributed by atoms with Gasteiger partial charge in [-0.1, -0.05) is 37.3 Å². The molecule has 0 radical (unpaired) electrons. The van der Waals surface area contributed by atoms with Crippen LogP contribution in [0.3, 0.4) is 0 Å². The van der Waals surface area contributed by atoms with Gasteiger partial charge in [0.05, 0.1) is 0 Å². The van der Waals surface area contributed by atoms with E-state index >= 15 is 0 Å². The van der Waals surface area contributed by atoms with Gasteiger partial charge < -0.3 is 10.6 Å². The summed E-state index contributed by atoms with van der Waals surface area (Å²) in [6.45, 7) is 1.98. The molecule has 0 saturated heterocycles. The number of alkyl halides is 3. The van der Waals surface area contributed by atoms with Gasteiger partial charge in [0.25, 0.3) is 0 Å². The summed E-state index contributed by atoms with van der Waals surface area (Å²) >= 11 is 0. The highest BCUT2D eigenvalue weighted by Crippen LogP contribution is 2.35. The van der Waals surface area contributed by atoms with Crippen LogP contribution < -0.4 is 10.6 Å². The summed E-state index contributed by atoms with van der Waals surface area (Å²) in [5, 5.41) is 5.67. The van der Waals surface area contributed by atoms with E-state index < -0.39 is 11.7 Å². The molecule has 2 N–H and O–H groups in total. The van der Waals surface area contributed by atoms with E-state index in [9.17, 15) is 13.2 Å². The predicted molar refractivity (Wildman–Crippen MR) is 95.9 cm³/mol. The first-order valence-corrected chi connectivity index (χ1v) is 8.08. The highest BCUT2D eigenvalue weighted by Gasteiger charge is 2.35. The van der Waals surface area contributed by atoms with Gasteiger partial charge in [-0.2, -0.15) is 18.2 Å². The van der Waals surface area contributed by atoms with Gasteiger partial charge in [-0.3, -0.25) is 0 Å². The van der Waals surface area contributed by atoms with E-state index in [1.807, 2.05) is 31.2 Å². The number of nitrogens with zero attached hydrogens (tertiary/aromatic N) is 2. The molecule has 134 valence electrons. The minimum atomic E-state index is -4.56. The number of anilines is 4. The Morgan fingerprint density at radius 1 is 0.923 bits per heavy atom. The molecule has 1 aromatic heterocycles. The third-order valence-electron chi connectivity index (χ3n) is 3.72. The van der Waals surface area contributed by atoms with Crippen molar-refractivity contribution in [2.24, 2.45) is 0 Å². The first-order valence-electron chi connectivity index (χ1n) is 8.08. The molecule has 26 heavy (non-hydrogen) atoms. The molecule has 2 aromatic carbocycles. The van der Waals surface area contributed by atoms with Gasteiger partial charge in [-0.15, -0.1) is 0 Å². The fourth-order valence-corrected chi connectivity index (χ4v) is 2.40. The molecular formula is C19H17F3N4. The number of aryl methyl sites for hydroxylation is 1. The molecule has 0 aliphatic heterocycles. The quantitative estimate of drug-likeness (QED) is 0.628. The molecule has 0 fully saturated rings. The largest absolute Gasteiger partial charge is 0.421 e. The molecule has 0 saturated carbocycles. The Hall–Kier alpha value is -3.09. The van der Waals surface area contributed by atoms with Crippen molar-refractivity contribution in [2.75, 3.05) is 10.6 Å². The zero-order valence-electron chi connectivity index (χ0n) is 14.0. The molecule has 0 spiro atoms. The maximum Gasteiger partial charge on any atom is 0.421 e. The fraction of sp³-hybridized carbons (Fsp3) is 0.158. The molecule has 3 aromatic rings. The molecule has 0 unspecified atom stereocenters. The number of halogens is 3. The maximum absolute atomic E-state index is 13.3. The SMILES string of the molecule is CCc1cccc(Nc2nc(Nc3ccccc3)ncc2C(F)(F)F)c1. The summed E-state index contributed by atoms with van der Waals surface area (Å²) in [7, 11) is 0. The Morgan fingerprint density at radius 3 is 2.35 bits per heavy atom. The molecule has 0 aliphatic rings. The van der Waals surface area contributed by atoms with Crippen LogP contribution in [0.25, 0.3) is 0 Å². The summed E-state index contributed by atoms with van der Waals surface area (Å²) in [6.07, 6.45) is -2.99. The monoisotopic (exact) mass is 358 g/mol. The maximum atomic E-state index is 13.3. The number of para-hydroxylation sites is 1. The van der Waals surface area contributed by atoms with Crippen molar-refractivity contribution in [3.8, 4) is 0 Å². The lowest BCUT2D eigenvalue weighted by molar-refractivity contribution is -0.137. The van der Waals surface area contributed by atoms with Crippen LogP contribution in [0.15, 0.2) is 60.8 Å². The molecule has 0 bridgehead atoms.